The first-order valence-corrected chi connectivity index (χ1v) is 9.78. The molecular weight excluding hydrogens is 395 g/mol. The lowest BCUT2D eigenvalue weighted by molar-refractivity contribution is -0.140. The summed E-state index contributed by atoms with van der Waals surface area (Å²) in [6.07, 6.45) is -4.52. The van der Waals surface area contributed by atoms with Gasteiger partial charge in [0.1, 0.15) is 5.60 Å². The maximum atomic E-state index is 12.6. The third-order valence-corrected chi connectivity index (χ3v) is 4.14. The number of halogens is 3. The van der Waals surface area contributed by atoms with Crippen molar-refractivity contribution in [3.8, 4) is 0 Å². The molecule has 0 spiro atoms. The van der Waals surface area contributed by atoms with Crippen LogP contribution in [0.3, 0.4) is 0 Å². The Balaban J connectivity index is 2.47. The molecule has 0 fully saturated rings. The third-order valence-electron chi connectivity index (χ3n) is 3.23. The molecule has 1 heterocycles. The van der Waals surface area contributed by atoms with E-state index in [1.165, 1.54) is 4.90 Å². The maximum Gasteiger partial charge on any atom is 0.434 e. The molecule has 1 rings (SSSR count). The Morgan fingerprint density at radius 2 is 2.00 bits per heavy atom. The van der Waals surface area contributed by atoms with Gasteiger partial charge in [-0.15, -0.1) is 11.3 Å². The lowest BCUT2D eigenvalue weighted by Gasteiger charge is -2.24. The Labute approximate surface area is 167 Å². The number of nitrogens with one attached hydrogen (secondary N) is 2. The second-order valence-electron chi connectivity index (χ2n) is 6.96. The number of nitrogens with zero attached hydrogens (tertiary/aromatic N) is 3. The number of carbonyl (C=O) groups is 1. The Hall–Kier alpha value is -2.04. The van der Waals surface area contributed by atoms with Crippen molar-refractivity contribution in [2.75, 3.05) is 33.2 Å². The summed E-state index contributed by atoms with van der Waals surface area (Å²) in [6.45, 7) is 9.07. The standard InChI is InChI=1S/C17H28F3N5O2S/c1-6-21-14(23-9-10-25(5)15(26)27-16(2,3)4)22-8-7-13-24-12(11-28-13)17(18,19)20/h11H,6-10H2,1-5H3,(H2,21,22,23). The molecule has 7 nitrogen and oxygen atoms in total. The van der Waals surface area contributed by atoms with Crippen molar-refractivity contribution in [2.45, 2.75) is 45.9 Å². The Bertz CT molecular complexity index is 656. The Morgan fingerprint density at radius 3 is 2.54 bits per heavy atom. The monoisotopic (exact) mass is 423 g/mol. The van der Waals surface area contributed by atoms with Crippen LogP contribution in [-0.4, -0.2) is 60.8 Å². The molecule has 28 heavy (non-hydrogen) atoms. The number of hydrogen-bond acceptors (Lipinski definition) is 5. The summed E-state index contributed by atoms with van der Waals surface area (Å²) in [5, 5.41) is 7.52. The number of likely N-dealkylation sites (N-methyl/N-ethyl adjacent to an activating group) is 1. The molecule has 0 bridgehead atoms. The van der Waals surface area contributed by atoms with Gasteiger partial charge in [0.05, 0.1) is 5.01 Å². The molecule has 0 radical (unpaired) electrons. The smallest absolute Gasteiger partial charge is 0.434 e. The molecule has 0 aliphatic heterocycles. The highest BCUT2D eigenvalue weighted by atomic mass is 32.1. The Kier molecular flexibility index (Phi) is 8.99. The Morgan fingerprint density at radius 1 is 1.32 bits per heavy atom. The van der Waals surface area contributed by atoms with Gasteiger partial charge in [-0.05, 0) is 27.7 Å². The number of aliphatic imine (C=N–C) groups is 1. The summed E-state index contributed by atoms with van der Waals surface area (Å²) in [5.74, 6) is 0.521. The zero-order valence-corrected chi connectivity index (χ0v) is 17.6. The topological polar surface area (TPSA) is 78.9 Å². The summed E-state index contributed by atoms with van der Waals surface area (Å²) in [6, 6.07) is 0. The van der Waals surface area contributed by atoms with E-state index in [1.807, 2.05) is 6.92 Å². The predicted octanol–water partition coefficient (Wildman–Crippen LogP) is 3.13. The van der Waals surface area contributed by atoms with E-state index >= 15 is 0 Å². The highest BCUT2D eigenvalue weighted by Gasteiger charge is 2.33. The van der Waals surface area contributed by atoms with Gasteiger partial charge in [-0.2, -0.15) is 13.2 Å². The molecule has 11 heteroatoms. The zero-order valence-electron chi connectivity index (χ0n) is 16.8. The number of aromatic nitrogens is 1. The van der Waals surface area contributed by atoms with Crippen LogP contribution in [0.2, 0.25) is 0 Å². The third kappa shape index (κ3) is 9.25. The van der Waals surface area contributed by atoms with Gasteiger partial charge in [0.2, 0.25) is 0 Å². The maximum absolute atomic E-state index is 12.6. The van der Waals surface area contributed by atoms with Crippen molar-refractivity contribution in [1.29, 1.82) is 0 Å². The first-order chi connectivity index (χ1) is 12.9. The fourth-order valence-corrected chi connectivity index (χ4v) is 2.73. The number of rotatable bonds is 7. The van der Waals surface area contributed by atoms with Gasteiger partial charge < -0.3 is 20.3 Å². The molecule has 0 atom stereocenters. The van der Waals surface area contributed by atoms with E-state index in [0.29, 0.717) is 43.6 Å². The van der Waals surface area contributed by atoms with Gasteiger partial charge >= 0.3 is 12.3 Å². The van der Waals surface area contributed by atoms with Gasteiger partial charge in [-0.3, -0.25) is 4.99 Å². The predicted molar refractivity (Wildman–Crippen MR) is 104 cm³/mol. The minimum Gasteiger partial charge on any atom is -0.444 e. The molecule has 1 aromatic heterocycles. The first-order valence-electron chi connectivity index (χ1n) is 8.90. The fraction of sp³-hybridized carbons (Fsp3) is 0.706. The quantitative estimate of drug-likeness (QED) is 0.520. The van der Waals surface area contributed by atoms with Crippen molar-refractivity contribution < 1.29 is 22.7 Å². The lowest BCUT2D eigenvalue weighted by atomic mass is 10.2. The average molecular weight is 424 g/mol. The molecule has 0 aromatic carbocycles. The summed E-state index contributed by atoms with van der Waals surface area (Å²) in [5.41, 5.74) is -1.43. The van der Waals surface area contributed by atoms with Crippen molar-refractivity contribution in [3.63, 3.8) is 0 Å². The number of alkyl halides is 3. The van der Waals surface area contributed by atoms with E-state index in [1.54, 1.807) is 27.8 Å². The van der Waals surface area contributed by atoms with E-state index in [4.69, 9.17) is 4.74 Å². The van der Waals surface area contributed by atoms with Crippen LogP contribution >= 0.6 is 11.3 Å². The number of hydrogen-bond donors (Lipinski definition) is 2. The second-order valence-corrected chi connectivity index (χ2v) is 7.91. The van der Waals surface area contributed by atoms with E-state index in [-0.39, 0.29) is 0 Å². The van der Waals surface area contributed by atoms with E-state index in [9.17, 15) is 18.0 Å². The van der Waals surface area contributed by atoms with E-state index in [0.717, 1.165) is 16.7 Å². The van der Waals surface area contributed by atoms with Crippen LogP contribution < -0.4 is 10.6 Å². The molecule has 0 aliphatic rings. The van der Waals surface area contributed by atoms with Crippen LogP contribution in [0.1, 0.15) is 38.4 Å². The van der Waals surface area contributed by atoms with Crippen molar-refractivity contribution in [1.82, 2.24) is 20.5 Å². The molecular formula is C17H28F3N5O2S. The average Bonchev–Trinajstić information content (AvgIpc) is 3.02. The van der Waals surface area contributed by atoms with Crippen LogP contribution in [0, 0.1) is 0 Å². The highest BCUT2D eigenvalue weighted by molar-refractivity contribution is 7.09. The van der Waals surface area contributed by atoms with Gasteiger partial charge in [0, 0.05) is 45.0 Å². The molecule has 0 unspecified atom stereocenters. The van der Waals surface area contributed by atoms with Crippen molar-refractivity contribution >= 4 is 23.4 Å². The summed E-state index contributed by atoms with van der Waals surface area (Å²) >= 11 is 0.972. The first kappa shape index (κ1) is 24.0. The lowest BCUT2D eigenvalue weighted by Crippen LogP contribution is -2.43. The van der Waals surface area contributed by atoms with Crippen LogP contribution in [0.15, 0.2) is 10.4 Å². The highest BCUT2D eigenvalue weighted by Crippen LogP contribution is 2.30. The van der Waals surface area contributed by atoms with Crippen LogP contribution in [-0.2, 0) is 17.3 Å². The molecule has 160 valence electrons. The SMILES string of the molecule is CCNC(=NCCc1nc(C(F)(F)F)cs1)NCCN(C)C(=O)OC(C)(C)C. The number of thiazole rings is 1. The normalized spacial score (nSPS) is 12.6. The van der Waals surface area contributed by atoms with Gasteiger partial charge in [-0.1, -0.05) is 0 Å². The largest absolute Gasteiger partial charge is 0.444 e. The molecule has 0 saturated heterocycles. The molecule has 0 aliphatic carbocycles. The molecule has 0 saturated carbocycles. The summed E-state index contributed by atoms with van der Waals surface area (Å²) in [4.78, 5) is 21.3. The molecule has 1 amide bonds. The number of guanidine groups is 1. The van der Waals surface area contributed by atoms with Gasteiger partial charge in [0.15, 0.2) is 11.7 Å². The van der Waals surface area contributed by atoms with Crippen LogP contribution in [0.25, 0.3) is 0 Å². The fourth-order valence-electron chi connectivity index (χ4n) is 1.93. The van der Waals surface area contributed by atoms with Crippen LogP contribution in [0.4, 0.5) is 18.0 Å². The van der Waals surface area contributed by atoms with Crippen molar-refractivity contribution in [3.05, 3.63) is 16.1 Å². The minimum absolute atomic E-state index is 0.294. The molecule has 1 aromatic rings. The van der Waals surface area contributed by atoms with Crippen molar-refractivity contribution in [2.24, 2.45) is 4.99 Å². The minimum atomic E-state index is -4.42. The van der Waals surface area contributed by atoms with E-state index in [2.05, 4.69) is 20.6 Å². The number of ether oxygens (including phenoxy) is 1. The summed E-state index contributed by atoms with van der Waals surface area (Å²) < 4.78 is 43.0. The van der Waals surface area contributed by atoms with Gasteiger partial charge in [-0.25, -0.2) is 9.78 Å². The number of carbonyl (C=O) groups excluding carboxylic acids is 1. The van der Waals surface area contributed by atoms with Gasteiger partial charge in [0.25, 0.3) is 0 Å². The number of amides is 1. The van der Waals surface area contributed by atoms with Crippen LogP contribution in [0.5, 0.6) is 0 Å². The summed E-state index contributed by atoms with van der Waals surface area (Å²) in [7, 11) is 1.64. The van der Waals surface area contributed by atoms with E-state index < -0.39 is 23.6 Å². The second kappa shape index (κ2) is 10.5. The zero-order chi connectivity index (χ0) is 21.4. The molecule has 2 N–H and O–H groups in total.